The van der Waals surface area contributed by atoms with E-state index in [2.05, 4.69) is 4.74 Å². The molecule has 1 saturated heterocycles. The van der Waals surface area contributed by atoms with Crippen molar-refractivity contribution in [3.63, 3.8) is 0 Å². The number of hydrogen-bond donors (Lipinski definition) is 1. The van der Waals surface area contributed by atoms with Gasteiger partial charge in [0.2, 0.25) is 5.60 Å². The number of esters is 1. The van der Waals surface area contributed by atoms with Crippen LogP contribution in [0.4, 0.5) is 22.0 Å². The molecule has 2 aliphatic carbocycles. The van der Waals surface area contributed by atoms with Crippen molar-refractivity contribution in [3.8, 4) is 0 Å². The maximum Gasteiger partial charge on any atom is 0.449 e. The number of rotatable bonds is 2. The zero-order valence-electron chi connectivity index (χ0n) is 12.1. The SMILES string of the molecule is CC(=O)OC1(C2CC3C=CC2C3)COC(O)(C(F)(F)F)C1(F)F. The highest BCUT2D eigenvalue weighted by Crippen LogP contribution is 2.62. The molecule has 1 N–H and O–H groups in total. The van der Waals surface area contributed by atoms with Gasteiger partial charge in [0.05, 0.1) is 6.61 Å². The summed E-state index contributed by atoms with van der Waals surface area (Å²) in [5.74, 6) is -12.2. The van der Waals surface area contributed by atoms with E-state index in [1.165, 1.54) is 0 Å². The van der Waals surface area contributed by atoms with Crippen LogP contribution in [0.1, 0.15) is 19.8 Å². The molecule has 1 aliphatic heterocycles. The van der Waals surface area contributed by atoms with Gasteiger partial charge in [0.25, 0.3) is 0 Å². The first-order valence-electron chi connectivity index (χ1n) is 7.13. The highest BCUT2D eigenvalue weighted by atomic mass is 19.4. The highest BCUT2D eigenvalue weighted by molar-refractivity contribution is 5.67. The Morgan fingerprint density at radius 2 is 1.96 bits per heavy atom. The van der Waals surface area contributed by atoms with Crippen molar-refractivity contribution in [1.82, 2.24) is 0 Å². The topological polar surface area (TPSA) is 55.8 Å². The molecule has 0 aromatic carbocycles. The van der Waals surface area contributed by atoms with E-state index in [1.54, 1.807) is 6.08 Å². The first kappa shape index (κ1) is 16.6. The lowest BCUT2D eigenvalue weighted by Gasteiger charge is -2.42. The van der Waals surface area contributed by atoms with Crippen LogP contribution in [-0.2, 0) is 14.3 Å². The van der Waals surface area contributed by atoms with Gasteiger partial charge in [0.15, 0.2) is 0 Å². The number of hydrogen-bond acceptors (Lipinski definition) is 4. The van der Waals surface area contributed by atoms with Crippen LogP contribution in [-0.4, -0.2) is 41.2 Å². The van der Waals surface area contributed by atoms with E-state index in [-0.39, 0.29) is 12.3 Å². The van der Waals surface area contributed by atoms with Gasteiger partial charge in [0.1, 0.15) is 0 Å². The maximum atomic E-state index is 14.7. The van der Waals surface area contributed by atoms with E-state index >= 15 is 0 Å². The molecule has 9 heteroatoms. The third kappa shape index (κ3) is 1.98. The lowest BCUT2D eigenvalue weighted by Crippen LogP contribution is -2.66. The van der Waals surface area contributed by atoms with Crippen molar-refractivity contribution in [2.24, 2.45) is 17.8 Å². The van der Waals surface area contributed by atoms with Crippen molar-refractivity contribution in [2.75, 3.05) is 6.61 Å². The summed E-state index contributed by atoms with van der Waals surface area (Å²) >= 11 is 0. The summed E-state index contributed by atoms with van der Waals surface area (Å²) in [4.78, 5) is 11.3. The number of carbonyl (C=O) groups excluding carboxylic acids is 1. The molecule has 1 heterocycles. The van der Waals surface area contributed by atoms with E-state index in [1.807, 2.05) is 6.08 Å². The molecule has 0 aromatic heterocycles. The van der Waals surface area contributed by atoms with Gasteiger partial charge in [-0.3, -0.25) is 4.79 Å². The van der Waals surface area contributed by atoms with Crippen LogP contribution in [0.3, 0.4) is 0 Å². The summed E-state index contributed by atoms with van der Waals surface area (Å²) in [5.41, 5.74) is -2.84. The first-order chi connectivity index (χ1) is 10.4. The summed E-state index contributed by atoms with van der Waals surface area (Å²) in [5, 5.41) is 9.53. The molecule has 0 aromatic rings. The van der Waals surface area contributed by atoms with Gasteiger partial charge in [-0.25, -0.2) is 0 Å². The van der Waals surface area contributed by atoms with Crippen LogP contribution in [0, 0.1) is 17.8 Å². The monoisotopic (exact) mass is 342 g/mol. The Balaban J connectivity index is 2.07. The largest absolute Gasteiger partial charge is 0.450 e. The molecule has 5 unspecified atom stereocenters. The van der Waals surface area contributed by atoms with Crippen molar-refractivity contribution >= 4 is 5.97 Å². The third-order valence-corrected chi connectivity index (χ3v) is 5.04. The van der Waals surface area contributed by atoms with Crippen LogP contribution in [0.2, 0.25) is 0 Å². The van der Waals surface area contributed by atoms with Crippen molar-refractivity contribution in [3.05, 3.63) is 12.2 Å². The summed E-state index contributed by atoms with van der Waals surface area (Å²) in [6.45, 7) is -0.372. The number of allylic oxidation sites excluding steroid dienone is 2. The van der Waals surface area contributed by atoms with Gasteiger partial charge in [-0.1, -0.05) is 12.2 Å². The van der Waals surface area contributed by atoms with Crippen LogP contribution in [0.25, 0.3) is 0 Å². The Morgan fingerprint density at radius 1 is 1.30 bits per heavy atom. The van der Waals surface area contributed by atoms with E-state index in [0.717, 1.165) is 6.92 Å². The van der Waals surface area contributed by atoms with E-state index in [4.69, 9.17) is 4.74 Å². The highest BCUT2D eigenvalue weighted by Gasteiger charge is 2.85. The average molecular weight is 342 g/mol. The van der Waals surface area contributed by atoms with Crippen LogP contribution >= 0.6 is 0 Å². The molecule has 0 amide bonds. The zero-order valence-corrected chi connectivity index (χ0v) is 12.1. The van der Waals surface area contributed by atoms with Crippen LogP contribution < -0.4 is 0 Å². The Morgan fingerprint density at radius 3 is 2.35 bits per heavy atom. The number of halogens is 5. The number of ether oxygens (including phenoxy) is 2. The first-order valence-corrected chi connectivity index (χ1v) is 7.13. The number of aliphatic hydroxyl groups is 1. The van der Waals surface area contributed by atoms with E-state index in [0.29, 0.717) is 6.42 Å². The van der Waals surface area contributed by atoms with Crippen molar-refractivity contribution in [2.45, 2.75) is 43.3 Å². The minimum Gasteiger partial charge on any atom is -0.450 e. The van der Waals surface area contributed by atoms with Crippen molar-refractivity contribution < 1.29 is 41.3 Å². The second-order valence-corrected chi connectivity index (χ2v) is 6.37. The summed E-state index contributed by atoms with van der Waals surface area (Å²) in [6.07, 6.45) is -1.61. The second-order valence-electron chi connectivity index (χ2n) is 6.37. The normalized spacial score (nSPS) is 44.7. The lowest BCUT2D eigenvalue weighted by atomic mass is 9.74. The molecule has 0 spiro atoms. The fourth-order valence-corrected chi connectivity index (χ4v) is 4.02. The molecule has 0 radical (unpaired) electrons. The Hall–Kier alpha value is -1.22. The number of carbonyl (C=O) groups is 1. The second kappa shape index (κ2) is 4.66. The molecule has 3 aliphatic rings. The van der Waals surface area contributed by atoms with Crippen LogP contribution in [0.5, 0.6) is 0 Å². The van der Waals surface area contributed by atoms with Gasteiger partial charge in [0, 0.05) is 12.8 Å². The zero-order chi connectivity index (χ0) is 17.3. The fourth-order valence-electron chi connectivity index (χ4n) is 4.02. The molecule has 2 bridgehead atoms. The third-order valence-electron chi connectivity index (χ3n) is 5.04. The van der Waals surface area contributed by atoms with Crippen molar-refractivity contribution in [1.29, 1.82) is 0 Å². The summed E-state index contributed by atoms with van der Waals surface area (Å²) in [6, 6.07) is 0. The molecular weight excluding hydrogens is 327 g/mol. The fraction of sp³-hybridized carbons (Fsp3) is 0.786. The minimum atomic E-state index is -5.73. The minimum absolute atomic E-state index is 0.0483. The lowest BCUT2D eigenvalue weighted by molar-refractivity contribution is -0.411. The van der Waals surface area contributed by atoms with Gasteiger partial charge in [-0.05, 0) is 24.7 Å². The summed E-state index contributed by atoms with van der Waals surface area (Å²) < 4.78 is 77.3. The molecule has 23 heavy (non-hydrogen) atoms. The van der Waals surface area contributed by atoms with Gasteiger partial charge < -0.3 is 14.6 Å². The molecule has 5 atom stereocenters. The molecule has 3 rings (SSSR count). The molecular formula is C14H15F5O4. The number of fused-ring (bicyclic) bond motifs is 2. The molecule has 2 fully saturated rings. The van der Waals surface area contributed by atoms with Gasteiger partial charge in [-0.15, -0.1) is 0 Å². The standard InChI is InChI=1S/C14H15F5O4/c1-7(20)23-11(10-5-8-2-3-9(10)4-8)6-22-13(21,12(11,15)16)14(17,18)19/h2-3,8-10,21H,4-6H2,1H3. The Kier molecular flexibility index (Phi) is 3.37. The summed E-state index contributed by atoms with van der Waals surface area (Å²) in [7, 11) is 0. The molecule has 130 valence electrons. The quantitative estimate of drug-likeness (QED) is 0.476. The van der Waals surface area contributed by atoms with Gasteiger partial charge in [-0.2, -0.15) is 22.0 Å². The van der Waals surface area contributed by atoms with Crippen LogP contribution in [0.15, 0.2) is 12.2 Å². The number of alkyl halides is 5. The molecule has 1 saturated carbocycles. The molecule has 4 nitrogen and oxygen atoms in total. The smallest absolute Gasteiger partial charge is 0.449 e. The predicted molar refractivity (Wildman–Crippen MR) is 65.2 cm³/mol. The Labute approximate surface area is 128 Å². The Bertz CT molecular complexity index is 560. The maximum absolute atomic E-state index is 14.7. The van der Waals surface area contributed by atoms with Gasteiger partial charge >= 0.3 is 23.9 Å². The predicted octanol–water partition coefficient (Wildman–Crippen LogP) is 2.42. The van der Waals surface area contributed by atoms with E-state index < -0.39 is 47.9 Å². The van der Waals surface area contributed by atoms with E-state index in [9.17, 15) is 31.9 Å². The average Bonchev–Trinajstić information content (AvgIpc) is 3.07.